The number of carboxylic acids is 1. The Morgan fingerprint density at radius 2 is 1.80 bits per heavy atom. The number of hydrogen-bond donors (Lipinski definition) is 1. The molecule has 0 amide bonds. The van der Waals surface area contributed by atoms with Crippen molar-refractivity contribution >= 4 is 5.97 Å². The maximum absolute atomic E-state index is 11.5. The second kappa shape index (κ2) is 10.2. The minimum atomic E-state index is -0.910. The molecule has 0 saturated heterocycles. The molecule has 158 valence electrons. The molecule has 2 aromatic carbocycles. The van der Waals surface area contributed by atoms with E-state index < -0.39 is 5.97 Å². The Balaban J connectivity index is 1.80. The van der Waals surface area contributed by atoms with Crippen molar-refractivity contribution in [1.82, 2.24) is 14.8 Å². The first kappa shape index (κ1) is 21.8. The van der Waals surface area contributed by atoms with Gasteiger partial charge in [0.25, 0.3) is 0 Å². The van der Waals surface area contributed by atoms with E-state index in [9.17, 15) is 9.90 Å². The Morgan fingerprint density at radius 3 is 2.47 bits per heavy atom. The second-order valence-corrected chi connectivity index (χ2v) is 8.20. The average molecular weight is 406 g/mol. The zero-order valence-corrected chi connectivity index (χ0v) is 18.1. The smallest absolute Gasteiger partial charge is 0.336 e. The number of aromatic nitrogens is 3. The molecule has 0 bridgehead atoms. The molecular weight excluding hydrogens is 374 g/mol. The van der Waals surface area contributed by atoms with Crippen LogP contribution in [0.3, 0.4) is 0 Å². The van der Waals surface area contributed by atoms with E-state index in [1.807, 2.05) is 24.3 Å². The van der Waals surface area contributed by atoms with Crippen LogP contribution in [0.25, 0.3) is 11.1 Å². The maximum Gasteiger partial charge on any atom is 0.336 e. The van der Waals surface area contributed by atoms with Gasteiger partial charge in [-0.15, -0.1) is 0 Å². The van der Waals surface area contributed by atoms with Crippen molar-refractivity contribution in [3.05, 3.63) is 71.3 Å². The molecule has 0 fully saturated rings. The lowest BCUT2D eigenvalue weighted by Gasteiger charge is -2.10. The van der Waals surface area contributed by atoms with Gasteiger partial charge in [-0.3, -0.25) is 0 Å². The van der Waals surface area contributed by atoms with Crippen LogP contribution in [0.4, 0.5) is 0 Å². The average Bonchev–Trinajstić information content (AvgIpc) is 3.09. The van der Waals surface area contributed by atoms with Gasteiger partial charge in [0.1, 0.15) is 5.82 Å². The molecule has 0 atom stereocenters. The Kier molecular flexibility index (Phi) is 7.39. The number of aryl methyl sites for hydroxylation is 1. The maximum atomic E-state index is 11.5. The number of hydrogen-bond acceptors (Lipinski definition) is 3. The fourth-order valence-electron chi connectivity index (χ4n) is 3.59. The molecule has 1 N–H and O–H groups in total. The van der Waals surface area contributed by atoms with Gasteiger partial charge in [0.2, 0.25) is 0 Å². The summed E-state index contributed by atoms with van der Waals surface area (Å²) in [7, 11) is 0. The van der Waals surface area contributed by atoms with Crippen molar-refractivity contribution in [2.45, 2.75) is 59.4 Å². The summed E-state index contributed by atoms with van der Waals surface area (Å²) in [5.74, 6) is 1.52. The number of nitrogens with zero attached hydrogens (tertiary/aromatic N) is 3. The second-order valence-electron chi connectivity index (χ2n) is 8.20. The van der Waals surface area contributed by atoms with Crippen LogP contribution < -0.4 is 0 Å². The van der Waals surface area contributed by atoms with Gasteiger partial charge in [0.05, 0.1) is 5.56 Å². The Morgan fingerprint density at radius 1 is 1.07 bits per heavy atom. The fraction of sp³-hybridized carbons (Fsp3) is 0.400. The summed E-state index contributed by atoms with van der Waals surface area (Å²) in [5.41, 5.74) is 3.10. The van der Waals surface area contributed by atoms with Gasteiger partial charge < -0.3 is 5.11 Å². The fourth-order valence-corrected chi connectivity index (χ4v) is 3.59. The molecule has 0 aliphatic rings. The standard InChI is InChI=1S/C25H31N3O2/c1-4-5-6-11-23-26-24(28(27-23)17-18(2)3)16-19-12-14-20(15-13-19)21-9-7-8-10-22(21)25(29)30/h7-10,12-15,18H,4-6,11,16-17H2,1-3H3,(H,29,30). The summed E-state index contributed by atoms with van der Waals surface area (Å²) >= 11 is 0. The largest absolute Gasteiger partial charge is 0.478 e. The molecule has 0 unspecified atom stereocenters. The van der Waals surface area contributed by atoms with E-state index in [-0.39, 0.29) is 0 Å². The van der Waals surface area contributed by atoms with Gasteiger partial charge >= 0.3 is 5.97 Å². The van der Waals surface area contributed by atoms with Crippen LogP contribution in [-0.4, -0.2) is 25.8 Å². The van der Waals surface area contributed by atoms with Crippen molar-refractivity contribution in [1.29, 1.82) is 0 Å². The Hall–Kier alpha value is -2.95. The first-order chi connectivity index (χ1) is 14.5. The quantitative estimate of drug-likeness (QED) is 0.444. The lowest BCUT2D eigenvalue weighted by Crippen LogP contribution is -2.11. The predicted octanol–water partition coefficient (Wildman–Crippen LogP) is 5.62. The first-order valence-corrected chi connectivity index (χ1v) is 10.8. The number of carbonyl (C=O) groups is 1. The van der Waals surface area contributed by atoms with Crippen LogP contribution in [0, 0.1) is 5.92 Å². The van der Waals surface area contributed by atoms with E-state index >= 15 is 0 Å². The minimum Gasteiger partial charge on any atom is -0.478 e. The molecule has 3 rings (SSSR count). The van der Waals surface area contributed by atoms with Crippen molar-refractivity contribution < 1.29 is 9.90 Å². The summed E-state index contributed by atoms with van der Waals surface area (Å²) in [6, 6.07) is 15.2. The number of rotatable bonds is 10. The molecule has 1 aromatic heterocycles. The van der Waals surface area contributed by atoms with Crippen LogP contribution in [0.15, 0.2) is 48.5 Å². The van der Waals surface area contributed by atoms with Crippen LogP contribution in [0.1, 0.15) is 67.6 Å². The number of aromatic carboxylic acids is 1. The van der Waals surface area contributed by atoms with Gasteiger partial charge in [-0.1, -0.05) is 76.1 Å². The van der Waals surface area contributed by atoms with E-state index in [1.165, 1.54) is 12.8 Å². The molecule has 30 heavy (non-hydrogen) atoms. The summed E-state index contributed by atoms with van der Waals surface area (Å²) in [6.45, 7) is 7.45. The van der Waals surface area contributed by atoms with E-state index in [0.29, 0.717) is 17.9 Å². The third-order valence-corrected chi connectivity index (χ3v) is 5.12. The minimum absolute atomic E-state index is 0.318. The molecule has 3 aromatic rings. The van der Waals surface area contributed by atoms with Crippen LogP contribution in [-0.2, 0) is 19.4 Å². The number of carboxylic acid groups (broad SMARTS) is 1. The molecule has 0 aliphatic heterocycles. The normalized spacial score (nSPS) is 11.2. The highest BCUT2D eigenvalue weighted by molar-refractivity contribution is 5.95. The van der Waals surface area contributed by atoms with Crippen LogP contribution in [0.2, 0.25) is 0 Å². The Labute approximate surface area is 178 Å². The van der Waals surface area contributed by atoms with E-state index in [0.717, 1.165) is 47.7 Å². The lowest BCUT2D eigenvalue weighted by molar-refractivity contribution is 0.0697. The van der Waals surface area contributed by atoms with Gasteiger partial charge in [0, 0.05) is 19.4 Å². The van der Waals surface area contributed by atoms with Crippen LogP contribution >= 0.6 is 0 Å². The molecular formula is C25H31N3O2. The highest BCUT2D eigenvalue weighted by atomic mass is 16.4. The van der Waals surface area contributed by atoms with Gasteiger partial charge in [-0.25, -0.2) is 14.5 Å². The topological polar surface area (TPSA) is 68.0 Å². The SMILES string of the molecule is CCCCCc1nc(Cc2ccc(-c3ccccc3C(=O)O)cc2)n(CC(C)C)n1. The van der Waals surface area contributed by atoms with E-state index in [1.54, 1.807) is 12.1 Å². The summed E-state index contributed by atoms with van der Waals surface area (Å²) < 4.78 is 2.06. The summed E-state index contributed by atoms with van der Waals surface area (Å²) in [4.78, 5) is 16.3. The number of benzene rings is 2. The van der Waals surface area contributed by atoms with E-state index in [4.69, 9.17) is 10.1 Å². The Bertz CT molecular complexity index is 974. The zero-order valence-electron chi connectivity index (χ0n) is 18.1. The first-order valence-electron chi connectivity index (χ1n) is 10.8. The summed E-state index contributed by atoms with van der Waals surface area (Å²) in [5, 5.41) is 14.2. The molecule has 5 heteroatoms. The number of unbranched alkanes of at least 4 members (excludes halogenated alkanes) is 2. The van der Waals surface area contributed by atoms with E-state index in [2.05, 4.69) is 37.6 Å². The van der Waals surface area contributed by atoms with Crippen LogP contribution in [0.5, 0.6) is 0 Å². The highest BCUT2D eigenvalue weighted by Crippen LogP contribution is 2.24. The van der Waals surface area contributed by atoms with Crippen molar-refractivity contribution in [2.75, 3.05) is 0 Å². The van der Waals surface area contributed by atoms with Gasteiger partial charge in [0.15, 0.2) is 5.82 Å². The summed E-state index contributed by atoms with van der Waals surface area (Å²) in [6.07, 6.45) is 5.16. The monoisotopic (exact) mass is 405 g/mol. The zero-order chi connectivity index (χ0) is 21.5. The van der Waals surface area contributed by atoms with Crippen molar-refractivity contribution in [3.63, 3.8) is 0 Å². The molecule has 5 nitrogen and oxygen atoms in total. The molecule has 0 aliphatic carbocycles. The van der Waals surface area contributed by atoms with Crippen molar-refractivity contribution in [2.24, 2.45) is 5.92 Å². The third-order valence-electron chi connectivity index (χ3n) is 5.12. The lowest BCUT2D eigenvalue weighted by atomic mass is 9.98. The molecule has 0 spiro atoms. The highest BCUT2D eigenvalue weighted by Gasteiger charge is 2.13. The molecule has 0 saturated carbocycles. The predicted molar refractivity (Wildman–Crippen MR) is 120 cm³/mol. The van der Waals surface area contributed by atoms with Crippen molar-refractivity contribution in [3.8, 4) is 11.1 Å². The van der Waals surface area contributed by atoms with Gasteiger partial charge in [-0.2, -0.15) is 5.10 Å². The van der Waals surface area contributed by atoms with Gasteiger partial charge in [-0.05, 0) is 35.1 Å². The molecule has 0 radical (unpaired) electrons. The molecule has 1 heterocycles. The third kappa shape index (κ3) is 5.56.